The summed E-state index contributed by atoms with van der Waals surface area (Å²) in [7, 11) is 1.87. The van der Waals surface area contributed by atoms with Gasteiger partial charge >= 0.3 is 0 Å². The van der Waals surface area contributed by atoms with E-state index in [-0.39, 0.29) is 11.7 Å². The van der Waals surface area contributed by atoms with Gasteiger partial charge in [-0.25, -0.2) is 0 Å². The number of primary amides is 1. The Labute approximate surface area is 154 Å². The lowest BCUT2D eigenvalue weighted by atomic mass is 10.2. The maximum absolute atomic E-state index is 12.1. The third-order valence-electron chi connectivity index (χ3n) is 3.65. The van der Waals surface area contributed by atoms with E-state index < -0.39 is 5.91 Å². The molecule has 0 radical (unpaired) electrons. The van der Waals surface area contributed by atoms with Gasteiger partial charge in [-0.15, -0.1) is 10.2 Å². The summed E-state index contributed by atoms with van der Waals surface area (Å²) in [6, 6.07) is 16.1. The Bertz CT molecular complexity index is 923. The molecule has 1 heterocycles. The second-order valence-electron chi connectivity index (χ2n) is 5.51. The molecule has 26 heavy (non-hydrogen) atoms. The number of nitrogens with zero attached hydrogens (tertiary/aromatic N) is 3. The molecule has 1 aromatic heterocycles. The largest absolute Gasteiger partial charge is 0.366 e. The van der Waals surface area contributed by atoms with E-state index in [0.717, 1.165) is 11.4 Å². The molecule has 0 bridgehead atoms. The topological polar surface area (TPSA) is 103 Å². The number of thioether (sulfide) groups is 1. The second kappa shape index (κ2) is 7.83. The van der Waals surface area contributed by atoms with Gasteiger partial charge in [0.25, 0.3) is 0 Å². The lowest BCUT2D eigenvalue weighted by Gasteiger charge is -2.06. The summed E-state index contributed by atoms with van der Waals surface area (Å²) in [6.07, 6.45) is 0. The van der Waals surface area contributed by atoms with Crippen molar-refractivity contribution in [2.24, 2.45) is 12.8 Å². The van der Waals surface area contributed by atoms with Crippen LogP contribution in [0.1, 0.15) is 10.4 Å². The van der Waals surface area contributed by atoms with Crippen LogP contribution < -0.4 is 11.1 Å². The van der Waals surface area contributed by atoms with E-state index in [1.807, 2.05) is 41.9 Å². The lowest BCUT2D eigenvalue weighted by molar-refractivity contribution is -0.113. The minimum Gasteiger partial charge on any atom is -0.366 e. The maximum atomic E-state index is 12.1. The molecule has 0 saturated carbocycles. The van der Waals surface area contributed by atoms with Gasteiger partial charge in [0.15, 0.2) is 11.0 Å². The van der Waals surface area contributed by atoms with Gasteiger partial charge < -0.3 is 15.6 Å². The van der Waals surface area contributed by atoms with Crippen LogP contribution in [0.3, 0.4) is 0 Å². The summed E-state index contributed by atoms with van der Waals surface area (Å²) in [5.41, 5.74) is 7.15. The van der Waals surface area contributed by atoms with Crippen LogP contribution in [0.5, 0.6) is 0 Å². The molecular weight excluding hydrogens is 350 g/mol. The molecule has 7 nitrogen and oxygen atoms in total. The first-order valence-corrected chi connectivity index (χ1v) is 8.80. The summed E-state index contributed by atoms with van der Waals surface area (Å²) in [5, 5.41) is 11.8. The molecule has 2 amide bonds. The fourth-order valence-corrected chi connectivity index (χ4v) is 3.04. The Balaban J connectivity index is 1.60. The number of aromatic nitrogens is 3. The number of carbonyl (C=O) groups excluding carboxylic acids is 2. The Morgan fingerprint density at radius 1 is 1.08 bits per heavy atom. The van der Waals surface area contributed by atoms with Gasteiger partial charge in [-0.3, -0.25) is 9.59 Å². The van der Waals surface area contributed by atoms with E-state index in [2.05, 4.69) is 15.5 Å². The Morgan fingerprint density at radius 2 is 1.77 bits per heavy atom. The molecule has 0 spiro atoms. The SMILES string of the molecule is Cn1c(SCC(=O)Nc2ccc(C(N)=O)cc2)nnc1-c1ccccc1. The zero-order chi connectivity index (χ0) is 18.5. The zero-order valence-corrected chi connectivity index (χ0v) is 14.9. The van der Waals surface area contributed by atoms with Gasteiger partial charge in [-0.1, -0.05) is 42.1 Å². The molecule has 0 aliphatic heterocycles. The summed E-state index contributed by atoms with van der Waals surface area (Å²) in [4.78, 5) is 23.2. The number of rotatable bonds is 6. The standard InChI is InChI=1S/C18H17N5O2S/c1-23-17(13-5-3-2-4-6-13)21-22-18(23)26-11-15(24)20-14-9-7-12(8-10-14)16(19)25/h2-10H,11H2,1H3,(H2,19,25)(H,20,24). The van der Waals surface area contributed by atoms with Crippen LogP contribution in [0.25, 0.3) is 11.4 Å². The fraction of sp³-hybridized carbons (Fsp3) is 0.111. The first-order valence-electron chi connectivity index (χ1n) is 7.82. The van der Waals surface area contributed by atoms with Crippen molar-refractivity contribution in [1.29, 1.82) is 0 Å². The molecule has 0 fully saturated rings. The monoisotopic (exact) mass is 367 g/mol. The third kappa shape index (κ3) is 4.09. The maximum Gasteiger partial charge on any atom is 0.248 e. The number of amides is 2. The van der Waals surface area contributed by atoms with Crippen LogP contribution in [-0.4, -0.2) is 32.3 Å². The van der Waals surface area contributed by atoms with E-state index >= 15 is 0 Å². The number of nitrogens with two attached hydrogens (primary N) is 1. The van der Waals surface area contributed by atoms with Crippen molar-refractivity contribution >= 4 is 29.3 Å². The van der Waals surface area contributed by atoms with Crippen LogP contribution in [0.4, 0.5) is 5.69 Å². The van der Waals surface area contributed by atoms with E-state index in [4.69, 9.17) is 5.73 Å². The van der Waals surface area contributed by atoms with Gasteiger partial charge in [0.2, 0.25) is 11.8 Å². The third-order valence-corrected chi connectivity index (χ3v) is 4.67. The van der Waals surface area contributed by atoms with Crippen LogP contribution in [0.2, 0.25) is 0 Å². The van der Waals surface area contributed by atoms with Crippen molar-refractivity contribution in [2.45, 2.75) is 5.16 Å². The first-order chi connectivity index (χ1) is 12.5. The van der Waals surface area contributed by atoms with Crippen molar-refractivity contribution < 1.29 is 9.59 Å². The average molecular weight is 367 g/mol. The number of carbonyl (C=O) groups is 2. The van der Waals surface area contributed by atoms with Crippen molar-refractivity contribution in [1.82, 2.24) is 14.8 Å². The van der Waals surface area contributed by atoms with Crippen molar-refractivity contribution in [3.63, 3.8) is 0 Å². The number of hydrogen-bond donors (Lipinski definition) is 2. The second-order valence-corrected chi connectivity index (χ2v) is 6.45. The number of hydrogen-bond acceptors (Lipinski definition) is 5. The molecule has 0 atom stereocenters. The highest BCUT2D eigenvalue weighted by atomic mass is 32.2. The molecule has 2 aromatic carbocycles. The molecule has 0 unspecified atom stereocenters. The number of benzene rings is 2. The number of anilines is 1. The molecule has 8 heteroatoms. The van der Waals surface area contributed by atoms with E-state index in [1.54, 1.807) is 24.3 Å². The number of nitrogens with one attached hydrogen (secondary N) is 1. The van der Waals surface area contributed by atoms with Crippen LogP contribution in [-0.2, 0) is 11.8 Å². The summed E-state index contributed by atoms with van der Waals surface area (Å²) in [5.74, 6) is 0.259. The highest BCUT2D eigenvalue weighted by molar-refractivity contribution is 7.99. The molecule has 3 aromatic rings. The lowest BCUT2D eigenvalue weighted by Crippen LogP contribution is -2.15. The summed E-state index contributed by atoms with van der Waals surface area (Å²) in [6.45, 7) is 0. The molecule has 3 N–H and O–H groups in total. The van der Waals surface area contributed by atoms with E-state index in [9.17, 15) is 9.59 Å². The zero-order valence-electron chi connectivity index (χ0n) is 14.0. The van der Waals surface area contributed by atoms with E-state index in [0.29, 0.717) is 16.4 Å². The average Bonchev–Trinajstić information content (AvgIpc) is 3.02. The molecule has 0 saturated heterocycles. The molecule has 3 rings (SSSR count). The van der Waals surface area contributed by atoms with Gasteiger partial charge in [0, 0.05) is 23.9 Å². The van der Waals surface area contributed by atoms with Crippen LogP contribution in [0.15, 0.2) is 59.8 Å². The van der Waals surface area contributed by atoms with Gasteiger partial charge in [-0.05, 0) is 24.3 Å². The minimum atomic E-state index is -0.505. The van der Waals surface area contributed by atoms with Crippen molar-refractivity contribution in [2.75, 3.05) is 11.1 Å². The van der Waals surface area contributed by atoms with Crippen LogP contribution in [0, 0.1) is 0 Å². The first kappa shape index (κ1) is 17.7. The van der Waals surface area contributed by atoms with Gasteiger partial charge in [0.05, 0.1) is 5.75 Å². The fourth-order valence-electron chi connectivity index (χ4n) is 2.32. The summed E-state index contributed by atoms with van der Waals surface area (Å²) < 4.78 is 1.86. The van der Waals surface area contributed by atoms with E-state index in [1.165, 1.54) is 11.8 Å². The van der Waals surface area contributed by atoms with Crippen molar-refractivity contribution in [3.05, 3.63) is 60.2 Å². The van der Waals surface area contributed by atoms with Gasteiger partial charge in [-0.2, -0.15) is 0 Å². The quantitative estimate of drug-likeness (QED) is 0.651. The van der Waals surface area contributed by atoms with Gasteiger partial charge in [0.1, 0.15) is 0 Å². The Morgan fingerprint density at radius 3 is 2.42 bits per heavy atom. The summed E-state index contributed by atoms with van der Waals surface area (Å²) >= 11 is 1.30. The van der Waals surface area contributed by atoms with Crippen LogP contribution >= 0.6 is 11.8 Å². The highest BCUT2D eigenvalue weighted by Crippen LogP contribution is 2.22. The van der Waals surface area contributed by atoms with Crippen molar-refractivity contribution in [3.8, 4) is 11.4 Å². The molecular formula is C18H17N5O2S. The normalized spacial score (nSPS) is 10.5. The highest BCUT2D eigenvalue weighted by Gasteiger charge is 2.13. The molecule has 132 valence electrons. The minimum absolute atomic E-state index is 0.175. The Hall–Kier alpha value is -3.13. The predicted molar refractivity (Wildman–Crippen MR) is 101 cm³/mol. The molecule has 0 aliphatic carbocycles. The smallest absolute Gasteiger partial charge is 0.248 e. The predicted octanol–water partition coefficient (Wildman–Crippen LogP) is 2.31. The molecule has 0 aliphatic rings. The Kier molecular flexibility index (Phi) is 5.33.